The smallest absolute Gasteiger partial charge is 0.207 e. The van der Waals surface area contributed by atoms with E-state index in [-0.39, 0.29) is 15.5 Å². The molecule has 0 aromatic heterocycles. The molecule has 0 aliphatic carbocycles. The summed E-state index contributed by atoms with van der Waals surface area (Å²) in [5.74, 6) is -0.463. The number of benzene rings is 2. The fraction of sp³-hybridized carbons (Fsp3) is 0.143. The maximum Gasteiger partial charge on any atom is 0.242 e. The van der Waals surface area contributed by atoms with Crippen LogP contribution < -0.4 is 4.72 Å². The van der Waals surface area contributed by atoms with Crippen LogP contribution in [0.3, 0.4) is 0 Å². The highest BCUT2D eigenvalue weighted by atomic mass is 79.9. The number of sulfonamides is 1. The molecule has 0 aliphatic rings. The minimum atomic E-state index is -3.84. The summed E-state index contributed by atoms with van der Waals surface area (Å²) in [4.78, 5) is -0.0458. The monoisotopic (exact) mass is 391 g/mol. The quantitative estimate of drug-likeness (QED) is 0.844. The Balaban J connectivity index is 2.31. The number of halogens is 3. The maximum absolute atomic E-state index is 13.7. The van der Waals surface area contributed by atoms with Crippen LogP contribution >= 0.6 is 27.5 Å². The summed E-state index contributed by atoms with van der Waals surface area (Å²) in [7, 11) is -3.84. The first-order valence-corrected chi connectivity index (χ1v) is 8.68. The van der Waals surface area contributed by atoms with E-state index in [0.29, 0.717) is 4.47 Å². The number of nitrogens with one attached hydrogen (secondary N) is 1. The van der Waals surface area contributed by atoms with Gasteiger partial charge in [0.15, 0.2) is 0 Å². The van der Waals surface area contributed by atoms with Gasteiger partial charge in [-0.3, -0.25) is 0 Å². The van der Waals surface area contributed by atoms with Crippen molar-refractivity contribution in [2.75, 3.05) is 0 Å². The topological polar surface area (TPSA) is 46.2 Å². The molecule has 2 rings (SSSR count). The van der Waals surface area contributed by atoms with Gasteiger partial charge >= 0.3 is 0 Å². The van der Waals surface area contributed by atoms with Crippen molar-refractivity contribution in [1.29, 1.82) is 0 Å². The van der Waals surface area contributed by atoms with Crippen LogP contribution in [-0.4, -0.2) is 8.42 Å². The average Bonchev–Trinajstić information content (AvgIpc) is 2.37. The molecule has 3 nitrogen and oxygen atoms in total. The standard InChI is InChI=1S/C14H12BrClFNO2S/c1-9(11-4-2-3-5-13(11)17)18-21(19,20)14-7-6-10(15)8-12(14)16/h2-9,18H,1H3. The van der Waals surface area contributed by atoms with Crippen molar-refractivity contribution in [1.82, 2.24) is 4.72 Å². The van der Waals surface area contributed by atoms with Gasteiger partial charge in [-0.15, -0.1) is 0 Å². The van der Waals surface area contributed by atoms with E-state index >= 15 is 0 Å². The molecule has 2 aromatic rings. The molecule has 2 aromatic carbocycles. The first-order chi connectivity index (χ1) is 9.81. The van der Waals surface area contributed by atoms with E-state index < -0.39 is 21.9 Å². The van der Waals surface area contributed by atoms with Gasteiger partial charge in [-0.1, -0.05) is 45.7 Å². The van der Waals surface area contributed by atoms with Gasteiger partial charge in [-0.2, -0.15) is 0 Å². The van der Waals surface area contributed by atoms with E-state index in [9.17, 15) is 12.8 Å². The second-order valence-corrected chi connectivity index (χ2v) is 7.44. The molecule has 0 heterocycles. The lowest BCUT2D eigenvalue weighted by Crippen LogP contribution is -2.27. The molecule has 1 unspecified atom stereocenters. The van der Waals surface area contributed by atoms with E-state index in [1.807, 2.05) is 0 Å². The van der Waals surface area contributed by atoms with Crippen molar-refractivity contribution >= 4 is 37.6 Å². The lowest BCUT2D eigenvalue weighted by Gasteiger charge is -2.16. The highest BCUT2D eigenvalue weighted by Crippen LogP contribution is 2.27. The average molecular weight is 393 g/mol. The van der Waals surface area contributed by atoms with E-state index in [1.54, 1.807) is 25.1 Å². The minimum Gasteiger partial charge on any atom is -0.207 e. The van der Waals surface area contributed by atoms with Gasteiger partial charge in [0.25, 0.3) is 0 Å². The summed E-state index contributed by atoms with van der Waals surface area (Å²) < 4.78 is 41.4. The Hall–Kier alpha value is -0.950. The lowest BCUT2D eigenvalue weighted by atomic mass is 10.1. The third-order valence-electron chi connectivity index (χ3n) is 2.89. The molecular weight excluding hydrogens is 381 g/mol. The summed E-state index contributed by atoms with van der Waals surface area (Å²) >= 11 is 9.16. The molecule has 0 saturated heterocycles. The Morgan fingerprint density at radius 3 is 2.52 bits per heavy atom. The Labute approximate surface area is 136 Å². The maximum atomic E-state index is 13.7. The second-order valence-electron chi connectivity index (χ2n) is 4.44. The summed E-state index contributed by atoms with van der Waals surface area (Å²) in [6, 6.07) is 9.76. The molecule has 0 aliphatic heterocycles. The van der Waals surface area contributed by atoms with Gasteiger partial charge in [0.1, 0.15) is 10.7 Å². The van der Waals surface area contributed by atoms with E-state index in [4.69, 9.17) is 11.6 Å². The van der Waals surface area contributed by atoms with Crippen LogP contribution in [0.1, 0.15) is 18.5 Å². The molecule has 21 heavy (non-hydrogen) atoms. The van der Waals surface area contributed by atoms with Crippen LogP contribution in [-0.2, 0) is 10.0 Å². The van der Waals surface area contributed by atoms with Gasteiger partial charge in [0.2, 0.25) is 10.0 Å². The number of hydrogen-bond acceptors (Lipinski definition) is 2. The van der Waals surface area contributed by atoms with Crippen LogP contribution in [0.4, 0.5) is 4.39 Å². The van der Waals surface area contributed by atoms with Crippen LogP contribution in [0.15, 0.2) is 51.8 Å². The Morgan fingerprint density at radius 1 is 1.24 bits per heavy atom. The zero-order chi connectivity index (χ0) is 15.6. The van der Waals surface area contributed by atoms with Crippen LogP contribution in [0.2, 0.25) is 5.02 Å². The Bertz CT molecular complexity index is 767. The third kappa shape index (κ3) is 3.83. The number of rotatable bonds is 4. The fourth-order valence-electron chi connectivity index (χ4n) is 1.88. The molecule has 1 N–H and O–H groups in total. The van der Waals surface area contributed by atoms with Gasteiger partial charge in [0.05, 0.1) is 5.02 Å². The highest BCUT2D eigenvalue weighted by molar-refractivity contribution is 9.10. The van der Waals surface area contributed by atoms with Crippen molar-refractivity contribution in [3.05, 3.63) is 63.3 Å². The molecule has 0 fully saturated rings. The van der Waals surface area contributed by atoms with Gasteiger partial charge in [-0.05, 0) is 31.2 Å². The molecule has 7 heteroatoms. The zero-order valence-corrected chi connectivity index (χ0v) is 14.1. The molecular formula is C14H12BrClFNO2S. The van der Waals surface area contributed by atoms with Crippen LogP contribution in [0.25, 0.3) is 0 Å². The van der Waals surface area contributed by atoms with Crippen molar-refractivity contribution in [3.8, 4) is 0 Å². The summed E-state index contributed by atoms with van der Waals surface area (Å²) in [6.07, 6.45) is 0. The van der Waals surface area contributed by atoms with E-state index in [2.05, 4.69) is 20.7 Å². The second kappa shape index (κ2) is 6.44. The first-order valence-electron chi connectivity index (χ1n) is 6.03. The van der Waals surface area contributed by atoms with Crippen LogP contribution in [0.5, 0.6) is 0 Å². The van der Waals surface area contributed by atoms with E-state index in [1.165, 1.54) is 24.3 Å². The third-order valence-corrected chi connectivity index (χ3v) is 5.40. The Kier molecular flexibility index (Phi) is 5.03. The van der Waals surface area contributed by atoms with E-state index in [0.717, 1.165) is 0 Å². The SMILES string of the molecule is CC(NS(=O)(=O)c1ccc(Br)cc1Cl)c1ccccc1F. The largest absolute Gasteiger partial charge is 0.242 e. The summed E-state index contributed by atoms with van der Waals surface area (Å²) in [5, 5.41) is 0.0950. The van der Waals surface area contributed by atoms with Gasteiger partial charge in [-0.25, -0.2) is 17.5 Å². The number of hydrogen-bond donors (Lipinski definition) is 1. The highest BCUT2D eigenvalue weighted by Gasteiger charge is 2.22. The molecule has 0 saturated carbocycles. The normalized spacial score (nSPS) is 13.1. The summed E-state index contributed by atoms with van der Waals surface area (Å²) in [5.41, 5.74) is 0.273. The van der Waals surface area contributed by atoms with Crippen LogP contribution in [0, 0.1) is 5.82 Å². The molecule has 0 spiro atoms. The van der Waals surface area contributed by atoms with Crippen molar-refractivity contribution in [3.63, 3.8) is 0 Å². The Morgan fingerprint density at radius 2 is 1.90 bits per heavy atom. The minimum absolute atomic E-state index is 0.0458. The predicted molar refractivity (Wildman–Crippen MR) is 84.3 cm³/mol. The zero-order valence-electron chi connectivity index (χ0n) is 11.0. The van der Waals surface area contributed by atoms with Gasteiger partial charge < -0.3 is 0 Å². The molecule has 0 radical (unpaired) electrons. The molecule has 0 amide bonds. The first kappa shape index (κ1) is 16.4. The molecule has 1 atom stereocenters. The molecule has 0 bridgehead atoms. The summed E-state index contributed by atoms with van der Waals surface area (Å²) in [6.45, 7) is 1.57. The lowest BCUT2D eigenvalue weighted by molar-refractivity contribution is 0.550. The fourth-order valence-corrected chi connectivity index (χ4v) is 4.14. The molecule has 112 valence electrons. The predicted octanol–water partition coefficient (Wildman–Crippen LogP) is 4.28. The van der Waals surface area contributed by atoms with Crippen molar-refractivity contribution < 1.29 is 12.8 Å². The van der Waals surface area contributed by atoms with Crippen molar-refractivity contribution in [2.45, 2.75) is 17.9 Å². The van der Waals surface area contributed by atoms with Gasteiger partial charge in [0, 0.05) is 16.1 Å². The van der Waals surface area contributed by atoms with Crippen molar-refractivity contribution in [2.24, 2.45) is 0 Å².